The summed E-state index contributed by atoms with van der Waals surface area (Å²) in [4.78, 5) is 6.50. The predicted molar refractivity (Wildman–Crippen MR) is 80.6 cm³/mol. The fourth-order valence-corrected chi connectivity index (χ4v) is 2.55. The molecule has 4 nitrogen and oxygen atoms in total. The predicted octanol–water partition coefficient (Wildman–Crippen LogP) is 2.44. The molecular weight excluding hydrogens is 308 g/mol. The highest BCUT2D eigenvalue weighted by atomic mass is 79.9. The third-order valence-corrected chi connectivity index (χ3v) is 3.66. The number of hydrogen-bond acceptors (Lipinski definition) is 4. The van der Waals surface area contributed by atoms with Crippen molar-refractivity contribution in [2.75, 3.05) is 38.3 Å². The van der Waals surface area contributed by atoms with E-state index in [1.807, 2.05) is 29.2 Å². The highest BCUT2D eigenvalue weighted by Crippen LogP contribution is 2.29. The summed E-state index contributed by atoms with van der Waals surface area (Å²) in [6.45, 7) is 1.94. The van der Waals surface area contributed by atoms with Gasteiger partial charge in [-0.15, -0.1) is 0 Å². The first kappa shape index (κ1) is 14.2. The summed E-state index contributed by atoms with van der Waals surface area (Å²) in [7, 11) is 1.67. The van der Waals surface area contributed by atoms with Crippen LogP contribution in [0, 0.1) is 0 Å². The van der Waals surface area contributed by atoms with Gasteiger partial charge in [0.25, 0.3) is 0 Å². The van der Waals surface area contributed by atoms with Crippen molar-refractivity contribution in [1.29, 1.82) is 0 Å². The molecule has 19 heavy (non-hydrogen) atoms. The third kappa shape index (κ3) is 3.23. The van der Waals surface area contributed by atoms with Crippen molar-refractivity contribution in [2.45, 2.75) is 0 Å². The van der Waals surface area contributed by atoms with Gasteiger partial charge in [0.2, 0.25) is 0 Å². The highest BCUT2D eigenvalue weighted by molar-refractivity contribution is 9.10. The van der Waals surface area contributed by atoms with E-state index >= 15 is 0 Å². The number of ether oxygens (including phenoxy) is 1. The van der Waals surface area contributed by atoms with Gasteiger partial charge in [0.05, 0.1) is 13.2 Å². The van der Waals surface area contributed by atoms with Crippen molar-refractivity contribution >= 4 is 32.5 Å². The van der Waals surface area contributed by atoms with E-state index in [9.17, 15) is 5.11 Å². The summed E-state index contributed by atoms with van der Waals surface area (Å²) in [5.41, 5.74) is 0. The number of anilines is 1. The van der Waals surface area contributed by atoms with E-state index in [4.69, 9.17) is 4.74 Å². The zero-order valence-corrected chi connectivity index (χ0v) is 12.4. The lowest BCUT2D eigenvalue weighted by Crippen LogP contribution is -2.31. The first-order valence-electron chi connectivity index (χ1n) is 6.16. The topological polar surface area (TPSA) is 45.6 Å². The summed E-state index contributed by atoms with van der Waals surface area (Å²) >= 11 is 3.55. The fraction of sp³-hybridized carbons (Fsp3) is 0.357. The monoisotopic (exact) mass is 324 g/mol. The molecule has 0 amide bonds. The second kappa shape index (κ2) is 6.84. The maximum atomic E-state index is 9.20. The van der Waals surface area contributed by atoms with Crippen LogP contribution >= 0.6 is 15.9 Å². The Balaban J connectivity index is 2.43. The molecule has 0 radical (unpaired) electrons. The first-order valence-corrected chi connectivity index (χ1v) is 6.95. The number of aliphatic hydroxyl groups excluding tert-OH is 1. The van der Waals surface area contributed by atoms with E-state index in [-0.39, 0.29) is 6.61 Å². The Morgan fingerprint density at radius 2 is 2.11 bits per heavy atom. The summed E-state index contributed by atoms with van der Waals surface area (Å²) in [6, 6.07) is 8.03. The minimum absolute atomic E-state index is 0.0930. The molecule has 1 aromatic carbocycles. The van der Waals surface area contributed by atoms with E-state index in [0.717, 1.165) is 21.1 Å². The van der Waals surface area contributed by atoms with E-state index in [1.54, 1.807) is 13.3 Å². The van der Waals surface area contributed by atoms with Crippen molar-refractivity contribution in [2.24, 2.45) is 0 Å². The van der Waals surface area contributed by atoms with Crippen molar-refractivity contribution in [3.63, 3.8) is 0 Å². The number of fused-ring (bicyclic) bond motifs is 1. The zero-order chi connectivity index (χ0) is 13.7. The highest BCUT2D eigenvalue weighted by Gasteiger charge is 2.12. The molecule has 2 rings (SSSR count). The smallest absolute Gasteiger partial charge is 0.136 e. The van der Waals surface area contributed by atoms with Crippen LogP contribution in [0.25, 0.3) is 10.8 Å². The molecular formula is C14H17BrN2O2. The molecule has 1 aromatic heterocycles. The van der Waals surface area contributed by atoms with Gasteiger partial charge in [0, 0.05) is 41.6 Å². The molecule has 0 aliphatic carbocycles. The summed E-state index contributed by atoms with van der Waals surface area (Å²) < 4.78 is 6.16. The summed E-state index contributed by atoms with van der Waals surface area (Å²) in [5, 5.41) is 11.4. The largest absolute Gasteiger partial charge is 0.395 e. The average Bonchev–Trinajstić information content (AvgIpc) is 2.43. The van der Waals surface area contributed by atoms with E-state index in [0.29, 0.717) is 19.7 Å². The SMILES string of the molecule is COCCN(CCO)c1nccc2c(Br)cccc12. The lowest BCUT2D eigenvalue weighted by Gasteiger charge is -2.24. The Kier molecular flexibility index (Phi) is 5.13. The molecule has 0 atom stereocenters. The first-order chi connectivity index (χ1) is 9.27. The Bertz CT molecular complexity index is 548. The number of pyridine rings is 1. The van der Waals surface area contributed by atoms with E-state index < -0.39 is 0 Å². The van der Waals surface area contributed by atoms with Crippen LogP contribution in [0.15, 0.2) is 34.9 Å². The van der Waals surface area contributed by atoms with Gasteiger partial charge < -0.3 is 14.7 Å². The fourth-order valence-electron chi connectivity index (χ4n) is 2.05. The number of halogens is 1. The van der Waals surface area contributed by atoms with Crippen LogP contribution < -0.4 is 4.90 Å². The zero-order valence-electron chi connectivity index (χ0n) is 10.8. The number of rotatable bonds is 6. The normalized spacial score (nSPS) is 10.9. The minimum Gasteiger partial charge on any atom is -0.395 e. The second-order valence-corrected chi connectivity index (χ2v) is 5.03. The molecule has 0 spiro atoms. The van der Waals surface area contributed by atoms with Crippen molar-refractivity contribution in [1.82, 2.24) is 4.98 Å². The number of aromatic nitrogens is 1. The maximum Gasteiger partial charge on any atom is 0.136 e. The maximum absolute atomic E-state index is 9.20. The summed E-state index contributed by atoms with van der Waals surface area (Å²) in [6.07, 6.45) is 1.79. The molecule has 0 aliphatic heterocycles. The lowest BCUT2D eigenvalue weighted by molar-refractivity contribution is 0.202. The minimum atomic E-state index is 0.0930. The quantitative estimate of drug-likeness (QED) is 0.886. The Labute approximate surface area is 121 Å². The molecule has 0 bridgehead atoms. The van der Waals surface area contributed by atoms with Gasteiger partial charge in [0.15, 0.2) is 0 Å². The number of methoxy groups -OCH3 is 1. The van der Waals surface area contributed by atoms with Crippen molar-refractivity contribution < 1.29 is 9.84 Å². The van der Waals surface area contributed by atoms with Crippen molar-refractivity contribution in [3.05, 3.63) is 34.9 Å². The number of nitrogens with zero attached hydrogens (tertiary/aromatic N) is 2. The number of aliphatic hydroxyl groups is 1. The Hall–Kier alpha value is -1.17. The molecule has 0 fully saturated rings. The van der Waals surface area contributed by atoms with Gasteiger partial charge in [-0.2, -0.15) is 0 Å². The Morgan fingerprint density at radius 3 is 2.84 bits per heavy atom. The van der Waals surface area contributed by atoms with Crippen LogP contribution in [0.3, 0.4) is 0 Å². The summed E-state index contributed by atoms with van der Waals surface area (Å²) in [5.74, 6) is 0.880. The molecule has 0 unspecified atom stereocenters. The molecule has 0 aliphatic rings. The standard InChI is InChI=1S/C14H17BrN2O2/c1-19-10-8-17(7-9-18)14-12-3-2-4-13(15)11(12)5-6-16-14/h2-6,18H,7-10H2,1H3. The van der Waals surface area contributed by atoms with Crippen LogP contribution in [0.1, 0.15) is 0 Å². The molecule has 0 saturated carbocycles. The van der Waals surface area contributed by atoms with Crippen LogP contribution in [0.2, 0.25) is 0 Å². The van der Waals surface area contributed by atoms with Crippen LogP contribution in [0.4, 0.5) is 5.82 Å². The van der Waals surface area contributed by atoms with Crippen LogP contribution in [-0.2, 0) is 4.74 Å². The third-order valence-electron chi connectivity index (χ3n) is 2.97. The van der Waals surface area contributed by atoms with Crippen LogP contribution in [-0.4, -0.2) is 43.5 Å². The van der Waals surface area contributed by atoms with Gasteiger partial charge in [-0.3, -0.25) is 0 Å². The molecule has 2 aromatic rings. The molecule has 1 N–H and O–H groups in total. The number of benzene rings is 1. The second-order valence-electron chi connectivity index (χ2n) is 4.17. The van der Waals surface area contributed by atoms with E-state index in [1.165, 1.54) is 0 Å². The molecule has 0 saturated heterocycles. The molecule has 1 heterocycles. The van der Waals surface area contributed by atoms with E-state index in [2.05, 4.69) is 20.9 Å². The number of hydrogen-bond donors (Lipinski definition) is 1. The van der Waals surface area contributed by atoms with Gasteiger partial charge in [0.1, 0.15) is 5.82 Å². The average molecular weight is 325 g/mol. The molecule has 102 valence electrons. The van der Waals surface area contributed by atoms with Crippen molar-refractivity contribution in [3.8, 4) is 0 Å². The van der Waals surface area contributed by atoms with Gasteiger partial charge in [-0.25, -0.2) is 4.98 Å². The van der Waals surface area contributed by atoms with Gasteiger partial charge in [-0.05, 0) is 12.1 Å². The van der Waals surface area contributed by atoms with Crippen LogP contribution in [0.5, 0.6) is 0 Å². The Morgan fingerprint density at radius 1 is 1.26 bits per heavy atom. The van der Waals surface area contributed by atoms with Gasteiger partial charge >= 0.3 is 0 Å². The lowest BCUT2D eigenvalue weighted by atomic mass is 10.1. The van der Waals surface area contributed by atoms with Gasteiger partial charge in [-0.1, -0.05) is 28.1 Å². The molecule has 5 heteroatoms.